The number of nitrogens with one attached hydrogen (secondary N) is 1. The standard InChI is InChI=1S/C8H17N3O2/c1-3-4-6(7(10)12)11-8(13)5(2)9/h5-6H,3-4,9H2,1-2H3,(H2,10,12)(H,11,13)/t5-,6-/m0/s1. The van der Waals surface area contributed by atoms with Gasteiger partial charge in [0.05, 0.1) is 6.04 Å². The van der Waals surface area contributed by atoms with E-state index in [4.69, 9.17) is 11.5 Å². The third kappa shape index (κ3) is 4.47. The Kier molecular flexibility index (Phi) is 5.06. The molecule has 0 spiro atoms. The zero-order valence-corrected chi connectivity index (χ0v) is 8.04. The fraction of sp³-hybridized carbons (Fsp3) is 0.750. The van der Waals surface area contributed by atoms with Crippen molar-refractivity contribution in [3.05, 3.63) is 0 Å². The quantitative estimate of drug-likeness (QED) is 0.520. The van der Waals surface area contributed by atoms with Gasteiger partial charge in [-0.3, -0.25) is 9.59 Å². The van der Waals surface area contributed by atoms with Crippen molar-refractivity contribution >= 4 is 11.8 Å². The van der Waals surface area contributed by atoms with Crippen LogP contribution in [0.15, 0.2) is 0 Å². The van der Waals surface area contributed by atoms with E-state index in [-0.39, 0.29) is 5.91 Å². The maximum absolute atomic E-state index is 11.1. The van der Waals surface area contributed by atoms with Crippen LogP contribution in [0.2, 0.25) is 0 Å². The summed E-state index contributed by atoms with van der Waals surface area (Å²) in [4.78, 5) is 21.9. The highest BCUT2D eigenvalue weighted by Crippen LogP contribution is 1.95. The molecule has 2 atom stereocenters. The van der Waals surface area contributed by atoms with Crippen LogP contribution in [0.3, 0.4) is 0 Å². The molecule has 0 aromatic heterocycles. The van der Waals surface area contributed by atoms with E-state index in [0.717, 1.165) is 6.42 Å². The number of amides is 2. The van der Waals surface area contributed by atoms with Gasteiger partial charge >= 0.3 is 0 Å². The van der Waals surface area contributed by atoms with Crippen molar-refractivity contribution in [2.75, 3.05) is 0 Å². The van der Waals surface area contributed by atoms with Crippen molar-refractivity contribution in [1.29, 1.82) is 0 Å². The van der Waals surface area contributed by atoms with Crippen molar-refractivity contribution in [2.45, 2.75) is 38.8 Å². The third-order valence-electron chi connectivity index (χ3n) is 1.65. The summed E-state index contributed by atoms with van der Waals surface area (Å²) in [6, 6.07) is -1.21. The van der Waals surface area contributed by atoms with Crippen LogP contribution >= 0.6 is 0 Å². The van der Waals surface area contributed by atoms with Crippen LogP contribution in [0.4, 0.5) is 0 Å². The normalized spacial score (nSPS) is 14.7. The van der Waals surface area contributed by atoms with E-state index in [1.165, 1.54) is 0 Å². The second kappa shape index (κ2) is 5.53. The maximum atomic E-state index is 11.1. The molecule has 0 aliphatic carbocycles. The Morgan fingerprint density at radius 1 is 1.46 bits per heavy atom. The molecule has 0 saturated heterocycles. The maximum Gasteiger partial charge on any atom is 0.240 e. The summed E-state index contributed by atoms with van der Waals surface area (Å²) in [5.41, 5.74) is 10.4. The number of hydrogen-bond donors (Lipinski definition) is 3. The molecule has 5 heteroatoms. The first-order chi connectivity index (χ1) is 5.99. The lowest BCUT2D eigenvalue weighted by Crippen LogP contribution is -2.49. The molecule has 0 aromatic rings. The SMILES string of the molecule is CCC[C@H](NC(=O)[C@H](C)N)C(N)=O. The van der Waals surface area contributed by atoms with Gasteiger partial charge in [-0.05, 0) is 13.3 Å². The van der Waals surface area contributed by atoms with E-state index in [9.17, 15) is 9.59 Å². The predicted octanol–water partition coefficient (Wildman–Crippen LogP) is -0.896. The molecule has 0 unspecified atom stereocenters. The Morgan fingerprint density at radius 3 is 2.31 bits per heavy atom. The zero-order chi connectivity index (χ0) is 10.4. The Hall–Kier alpha value is -1.10. The summed E-state index contributed by atoms with van der Waals surface area (Å²) < 4.78 is 0. The molecule has 0 aliphatic heterocycles. The zero-order valence-electron chi connectivity index (χ0n) is 8.04. The summed E-state index contributed by atoms with van der Waals surface area (Å²) in [5.74, 6) is -0.867. The average Bonchev–Trinajstić information content (AvgIpc) is 2.03. The minimum atomic E-state index is -0.612. The Labute approximate surface area is 77.8 Å². The fourth-order valence-corrected chi connectivity index (χ4v) is 0.877. The first kappa shape index (κ1) is 11.9. The van der Waals surface area contributed by atoms with Crippen LogP contribution in [0, 0.1) is 0 Å². The first-order valence-electron chi connectivity index (χ1n) is 4.34. The summed E-state index contributed by atoms with van der Waals surface area (Å²) in [5, 5.41) is 2.48. The highest BCUT2D eigenvalue weighted by atomic mass is 16.2. The van der Waals surface area contributed by atoms with E-state index >= 15 is 0 Å². The highest BCUT2D eigenvalue weighted by molar-refractivity contribution is 5.88. The molecular formula is C8H17N3O2. The number of carbonyl (C=O) groups is 2. The predicted molar refractivity (Wildman–Crippen MR) is 49.7 cm³/mol. The number of carbonyl (C=O) groups excluding carboxylic acids is 2. The van der Waals surface area contributed by atoms with Gasteiger partial charge in [0.2, 0.25) is 11.8 Å². The van der Waals surface area contributed by atoms with Crippen molar-refractivity contribution in [1.82, 2.24) is 5.32 Å². The minimum Gasteiger partial charge on any atom is -0.368 e. The summed E-state index contributed by atoms with van der Waals surface area (Å²) in [7, 11) is 0. The largest absolute Gasteiger partial charge is 0.368 e. The Balaban J connectivity index is 4.10. The molecule has 2 amide bonds. The molecule has 0 fully saturated rings. The van der Waals surface area contributed by atoms with Gasteiger partial charge in [-0.1, -0.05) is 13.3 Å². The molecule has 0 radical (unpaired) electrons. The monoisotopic (exact) mass is 187 g/mol. The van der Waals surface area contributed by atoms with Crippen LogP contribution in [-0.2, 0) is 9.59 Å². The van der Waals surface area contributed by atoms with E-state index < -0.39 is 18.0 Å². The van der Waals surface area contributed by atoms with Crippen LogP contribution in [0.25, 0.3) is 0 Å². The molecule has 0 rings (SSSR count). The third-order valence-corrected chi connectivity index (χ3v) is 1.65. The fourth-order valence-electron chi connectivity index (χ4n) is 0.877. The summed E-state index contributed by atoms with van der Waals surface area (Å²) >= 11 is 0. The number of rotatable bonds is 5. The molecule has 13 heavy (non-hydrogen) atoms. The number of primary amides is 1. The lowest BCUT2D eigenvalue weighted by molar-refractivity contribution is -0.128. The Bertz CT molecular complexity index is 192. The second-order valence-corrected chi connectivity index (χ2v) is 3.04. The van der Waals surface area contributed by atoms with Crippen LogP contribution in [-0.4, -0.2) is 23.9 Å². The summed E-state index contributed by atoms with van der Waals surface area (Å²) in [6.07, 6.45) is 1.33. The van der Waals surface area contributed by atoms with Crippen molar-refractivity contribution < 1.29 is 9.59 Å². The molecular weight excluding hydrogens is 170 g/mol. The Morgan fingerprint density at radius 2 is 2.00 bits per heavy atom. The molecule has 0 bridgehead atoms. The van der Waals surface area contributed by atoms with E-state index in [1.807, 2.05) is 6.92 Å². The van der Waals surface area contributed by atoms with Crippen molar-refractivity contribution in [3.8, 4) is 0 Å². The van der Waals surface area contributed by atoms with E-state index in [0.29, 0.717) is 6.42 Å². The smallest absolute Gasteiger partial charge is 0.240 e. The van der Waals surface area contributed by atoms with E-state index in [1.54, 1.807) is 6.92 Å². The van der Waals surface area contributed by atoms with Crippen LogP contribution in [0.5, 0.6) is 0 Å². The second-order valence-electron chi connectivity index (χ2n) is 3.04. The van der Waals surface area contributed by atoms with Crippen molar-refractivity contribution in [3.63, 3.8) is 0 Å². The van der Waals surface area contributed by atoms with Gasteiger partial charge in [-0.25, -0.2) is 0 Å². The summed E-state index contributed by atoms with van der Waals surface area (Å²) in [6.45, 7) is 3.47. The van der Waals surface area contributed by atoms with Crippen molar-refractivity contribution in [2.24, 2.45) is 11.5 Å². The molecule has 0 aromatic carbocycles. The lowest BCUT2D eigenvalue weighted by atomic mass is 10.1. The van der Waals surface area contributed by atoms with Gasteiger partial charge in [0, 0.05) is 0 Å². The van der Waals surface area contributed by atoms with Gasteiger partial charge < -0.3 is 16.8 Å². The van der Waals surface area contributed by atoms with Crippen LogP contribution in [0.1, 0.15) is 26.7 Å². The van der Waals surface area contributed by atoms with Gasteiger partial charge in [-0.2, -0.15) is 0 Å². The number of hydrogen-bond acceptors (Lipinski definition) is 3. The molecule has 76 valence electrons. The molecule has 0 saturated carbocycles. The minimum absolute atomic E-state index is 0.350. The number of nitrogens with two attached hydrogens (primary N) is 2. The van der Waals surface area contributed by atoms with Crippen LogP contribution < -0.4 is 16.8 Å². The van der Waals surface area contributed by atoms with Gasteiger partial charge in [0.1, 0.15) is 6.04 Å². The molecule has 5 nitrogen and oxygen atoms in total. The van der Waals surface area contributed by atoms with Gasteiger partial charge in [0.15, 0.2) is 0 Å². The first-order valence-corrected chi connectivity index (χ1v) is 4.34. The van der Waals surface area contributed by atoms with Gasteiger partial charge in [-0.15, -0.1) is 0 Å². The average molecular weight is 187 g/mol. The molecule has 0 aliphatic rings. The molecule has 5 N–H and O–H groups in total. The highest BCUT2D eigenvalue weighted by Gasteiger charge is 2.18. The molecule has 0 heterocycles. The lowest BCUT2D eigenvalue weighted by Gasteiger charge is -2.15. The topological polar surface area (TPSA) is 98.2 Å². The van der Waals surface area contributed by atoms with Gasteiger partial charge in [0.25, 0.3) is 0 Å². The van der Waals surface area contributed by atoms with E-state index in [2.05, 4.69) is 5.32 Å².